The van der Waals surface area contributed by atoms with Gasteiger partial charge < -0.3 is 4.74 Å². The van der Waals surface area contributed by atoms with Gasteiger partial charge in [0.2, 0.25) is 5.78 Å². The van der Waals surface area contributed by atoms with E-state index in [1.165, 1.54) is 11.8 Å². The number of nitriles is 1. The molecule has 0 atom stereocenters. The summed E-state index contributed by atoms with van der Waals surface area (Å²) in [4.78, 5) is 13.5. The van der Waals surface area contributed by atoms with E-state index in [0.717, 1.165) is 14.9 Å². The first-order chi connectivity index (χ1) is 11.6. The van der Waals surface area contributed by atoms with Crippen LogP contribution in [0.25, 0.3) is 5.76 Å². The van der Waals surface area contributed by atoms with Crippen molar-refractivity contribution in [3.05, 3.63) is 85.8 Å². The van der Waals surface area contributed by atoms with Gasteiger partial charge in [0.05, 0.1) is 0 Å². The Morgan fingerprint density at radius 1 is 1.12 bits per heavy atom. The van der Waals surface area contributed by atoms with Crippen LogP contribution in [0.4, 0.5) is 0 Å². The van der Waals surface area contributed by atoms with E-state index in [1.807, 2.05) is 43.3 Å². The number of carbonyl (C=O) groups excluding carboxylic acids is 1. The van der Waals surface area contributed by atoms with Gasteiger partial charge in [-0.1, -0.05) is 70.2 Å². The van der Waals surface area contributed by atoms with Crippen molar-refractivity contribution in [2.45, 2.75) is 6.92 Å². The summed E-state index contributed by atoms with van der Waals surface area (Å²) in [5.74, 6) is 0.349. The minimum absolute atomic E-state index is 0.0256. The summed E-state index contributed by atoms with van der Waals surface area (Å²) in [5.41, 5.74) is 1.40. The van der Waals surface area contributed by atoms with E-state index in [2.05, 4.69) is 15.9 Å². The largest absolute Gasteiger partial charge is 0.447 e. The quantitative estimate of drug-likeness (QED) is 0.388. The Hall–Kier alpha value is -2.29. The molecule has 0 bridgehead atoms. The molecule has 0 amide bonds. The summed E-state index contributed by atoms with van der Waals surface area (Å²) in [7, 11) is 0. The van der Waals surface area contributed by atoms with Crippen LogP contribution in [0.3, 0.4) is 0 Å². The monoisotopic (exact) mass is 397 g/mol. The molecule has 5 heteroatoms. The minimum atomic E-state index is -0.328. The lowest BCUT2D eigenvalue weighted by atomic mass is 10.1. The molecule has 2 aromatic carbocycles. The van der Waals surface area contributed by atoms with Gasteiger partial charge in [0.25, 0.3) is 0 Å². The van der Waals surface area contributed by atoms with Crippen LogP contribution in [-0.2, 0) is 4.74 Å². The molecule has 24 heavy (non-hydrogen) atoms. The third-order valence-electron chi connectivity index (χ3n) is 3.45. The fourth-order valence-corrected chi connectivity index (χ4v) is 3.42. The van der Waals surface area contributed by atoms with E-state index < -0.39 is 0 Å². The first kappa shape index (κ1) is 16.6. The molecular formula is C19H12BrNO2S. The van der Waals surface area contributed by atoms with Gasteiger partial charge in [-0.3, -0.25) is 4.79 Å². The summed E-state index contributed by atoms with van der Waals surface area (Å²) in [6, 6.07) is 18.4. The molecule has 0 saturated carbocycles. The van der Waals surface area contributed by atoms with Gasteiger partial charge in [0.15, 0.2) is 5.09 Å². The smallest absolute Gasteiger partial charge is 0.207 e. The lowest BCUT2D eigenvalue weighted by molar-refractivity contribution is 0.103. The predicted molar refractivity (Wildman–Crippen MR) is 98.8 cm³/mol. The van der Waals surface area contributed by atoms with Crippen LogP contribution in [0, 0.1) is 11.3 Å². The molecule has 3 nitrogen and oxygen atoms in total. The number of rotatable bonds is 3. The summed E-state index contributed by atoms with van der Waals surface area (Å²) in [6.07, 6.45) is 0. The number of nitrogens with zero attached hydrogens (tertiary/aromatic N) is 1. The van der Waals surface area contributed by atoms with Crippen LogP contribution in [0.15, 0.2) is 74.6 Å². The number of allylic oxidation sites excluding steroid dienone is 2. The molecule has 0 aromatic heterocycles. The number of ketones is 1. The Morgan fingerprint density at radius 2 is 1.79 bits per heavy atom. The zero-order chi connectivity index (χ0) is 17.1. The maximum Gasteiger partial charge on any atom is 0.207 e. The first-order valence-electron chi connectivity index (χ1n) is 7.17. The highest BCUT2D eigenvalue weighted by molar-refractivity contribution is 9.10. The molecule has 3 rings (SSSR count). The average Bonchev–Trinajstić information content (AvgIpc) is 2.98. The van der Waals surface area contributed by atoms with Crippen molar-refractivity contribution in [2.75, 3.05) is 0 Å². The van der Waals surface area contributed by atoms with Gasteiger partial charge in [0.1, 0.15) is 17.4 Å². The van der Waals surface area contributed by atoms with Gasteiger partial charge in [-0.05, 0) is 19.1 Å². The van der Waals surface area contributed by atoms with Crippen LogP contribution in [0.1, 0.15) is 22.8 Å². The highest BCUT2D eigenvalue weighted by Crippen LogP contribution is 2.44. The van der Waals surface area contributed by atoms with Crippen molar-refractivity contribution in [3.63, 3.8) is 0 Å². The van der Waals surface area contributed by atoms with E-state index >= 15 is 0 Å². The lowest BCUT2D eigenvalue weighted by Crippen LogP contribution is -2.04. The number of benzene rings is 2. The van der Waals surface area contributed by atoms with Crippen LogP contribution in [-0.4, -0.2) is 5.78 Å². The number of carbonyl (C=O) groups is 1. The second-order valence-electron chi connectivity index (χ2n) is 5.07. The Bertz CT molecular complexity index is 893. The average molecular weight is 398 g/mol. The highest BCUT2D eigenvalue weighted by Gasteiger charge is 2.27. The van der Waals surface area contributed by atoms with Crippen molar-refractivity contribution in [2.24, 2.45) is 0 Å². The fourth-order valence-electron chi connectivity index (χ4n) is 2.26. The molecular weight excluding hydrogens is 386 g/mol. The molecule has 1 aliphatic rings. The predicted octanol–water partition coefficient (Wildman–Crippen LogP) is 5.52. The number of hydrogen-bond acceptors (Lipinski definition) is 4. The van der Waals surface area contributed by atoms with E-state index in [0.29, 0.717) is 16.4 Å². The van der Waals surface area contributed by atoms with Gasteiger partial charge in [0, 0.05) is 20.5 Å². The molecule has 0 saturated heterocycles. The van der Waals surface area contributed by atoms with Crippen LogP contribution >= 0.6 is 27.7 Å². The molecule has 0 radical (unpaired) electrons. The summed E-state index contributed by atoms with van der Waals surface area (Å²) in [5, 5.41) is 9.79. The van der Waals surface area contributed by atoms with E-state index in [4.69, 9.17) is 4.74 Å². The van der Waals surface area contributed by atoms with Gasteiger partial charge >= 0.3 is 0 Å². The zero-order valence-corrected chi connectivity index (χ0v) is 15.1. The SMILES string of the molecule is CC1=C(c2ccc(Br)cc2)O/C(=C(\C#N)C(=O)c2ccccc2)S1. The molecule has 0 aliphatic carbocycles. The number of hydrogen-bond donors (Lipinski definition) is 0. The molecule has 0 N–H and O–H groups in total. The van der Waals surface area contributed by atoms with Crippen molar-refractivity contribution in [1.82, 2.24) is 0 Å². The standard InChI is InChI=1S/C19H12BrNO2S/c1-12-18(14-7-9-15(20)10-8-14)23-19(24-12)16(11-21)17(22)13-5-3-2-4-6-13/h2-10H,1H3/b19-16-. The summed E-state index contributed by atoms with van der Waals surface area (Å²) >= 11 is 4.71. The second-order valence-corrected chi connectivity index (χ2v) is 7.17. The summed E-state index contributed by atoms with van der Waals surface area (Å²) < 4.78 is 6.83. The van der Waals surface area contributed by atoms with Gasteiger partial charge in [-0.15, -0.1) is 0 Å². The van der Waals surface area contributed by atoms with E-state index in [-0.39, 0.29) is 11.4 Å². The highest BCUT2D eigenvalue weighted by atomic mass is 79.9. The Balaban J connectivity index is 1.93. The topological polar surface area (TPSA) is 50.1 Å². The molecule has 1 heterocycles. The van der Waals surface area contributed by atoms with E-state index in [1.54, 1.807) is 24.3 Å². The molecule has 0 unspecified atom stereocenters. The second kappa shape index (κ2) is 7.08. The molecule has 0 spiro atoms. The Morgan fingerprint density at radius 3 is 2.42 bits per heavy atom. The fraction of sp³-hybridized carbons (Fsp3) is 0.0526. The molecule has 2 aromatic rings. The third-order valence-corrected chi connectivity index (χ3v) is 4.94. The third kappa shape index (κ3) is 3.30. The number of ether oxygens (including phenoxy) is 1. The van der Waals surface area contributed by atoms with Crippen LogP contribution in [0.2, 0.25) is 0 Å². The normalized spacial score (nSPS) is 15.7. The zero-order valence-electron chi connectivity index (χ0n) is 12.7. The number of thioether (sulfide) groups is 1. The summed E-state index contributed by atoms with van der Waals surface area (Å²) in [6.45, 7) is 1.91. The Labute approximate surface area is 152 Å². The van der Waals surface area contributed by atoms with Crippen molar-refractivity contribution in [3.8, 4) is 6.07 Å². The lowest BCUT2D eigenvalue weighted by Gasteiger charge is -2.06. The Kier molecular flexibility index (Phi) is 4.89. The van der Waals surface area contributed by atoms with Crippen LogP contribution < -0.4 is 0 Å². The first-order valence-corrected chi connectivity index (χ1v) is 8.77. The van der Waals surface area contributed by atoms with Gasteiger partial charge in [-0.2, -0.15) is 5.26 Å². The molecule has 0 fully saturated rings. The van der Waals surface area contributed by atoms with Crippen molar-refractivity contribution in [1.29, 1.82) is 5.26 Å². The van der Waals surface area contributed by atoms with E-state index in [9.17, 15) is 10.1 Å². The number of Topliss-reactive ketones (excluding diaryl/α,β-unsaturated/α-hetero) is 1. The minimum Gasteiger partial charge on any atom is -0.447 e. The number of halogens is 1. The molecule has 1 aliphatic heterocycles. The van der Waals surface area contributed by atoms with Crippen molar-refractivity contribution < 1.29 is 9.53 Å². The molecule has 118 valence electrons. The van der Waals surface area contributed by atoms with Crippen molar-refractivity contribution >= 4 is 39.2 Å². The maximum absolute atomic E-state index is 12.6. The van der Waals surface area contributed by atoms with Gasteiger partial charge in [-0.25, -0.2) is 0 Å². The van der Waals surface area contributed by atoms with Crippen LogP contribution in [0.5, 0.6) is 0 Å². The maximum atomic E-state index is 12.6.